The molecule has 0 spiro atoms. The number of carbonyl (C=O) groups excluding carboxylic acids is 1. The number of aliphatic hydroxyl groups excluding tert-OH is 11. The van der Waals surface area contributed by atoms with Crippen LogP contribution in [-0.4, -0.2) is 193 Å². The monoisotopic (exact) mass is 877 g/mol. The molecule has 0 bridgehead atoms. The third-order valence-corrected chi connectivity index (χ3v) is 10.7. The molecule has 352 valence electrons. The smallest absolute Gasteiger partial charge is 0.220 e. The molecule has 0 radical (unpaired) electrons. The fraction of sp³-hybridized carbons (Fsp3) is 0.786. The van der Waals surface area contributed by atoms with Gasteiger partial charge in [-0.1, -0.05) is 81.7 Å². The number of hydrogen-bond donors (Lipinski definition) is 12. The molecule has 12 N–H and O–H groups in total. The van der Waals surface area contributed by atoms with Gasteiger partial charge in [-0.05, 0) is 38.5 Å². The van der Waals surface area contributed by atoms with E-state index in [-0.39, 0.29) is 18.9 Å². The predicted octanol–water partition coefficient (Wildman–Crippen LogP) is -1.54. The van der Waals surface area contributed by atoms with Crippen LogP contribution in [0.4, 0.5) is 0 Å². The normalized spacial score (nSPS) is 36.0. The standard InChI is InChI=1S/C42H71NO18/c1-3-5-7-8-9-10-11-12-13-14-15-16-18-20-30(48)43-25(26(47)19-17-6-4-2)24-56-40-36(54)33(51)38(28(22-45)58-40)61-42-37(55)34(52)39(29(23-46)59-42)60-41-35(53)32(50)31(49)27(21-44)57-41/h5,7,9-10,12-13,15-16,25-29,31-42,44-47,49-55H,3-4,6,8,11,14,17-24H2,1-2H3,(H,43,48)/b7-5-,10-9-,13-12-,16-15-. The van der Waals surface area contributed by atoms with Gasteiger partial charge in [-0.2, -0.15) is 0 Å². The van der Waals surface area contributed by atoms with Crippen LogP contribution in [-0.2, 0) is 33.2 Å². The second-order valence-corrected chi connectivity index (χ2v) is 15.4. The lowest BCUT2D eigenvalue weighted by atomic mass is 9.96. The van der Waals surface area contributed by atoms with Gasteiger partial charge in [0.1, 0.15) is 73.2 Å². The Bertz CT molecular complexity index is 1330. The van der Waals surface area contributed by atoms with E-state index in [0.717, 1.165) is 38.5 Å². The van der Waals surface area contributed by atoms with Gasteiger partial charge in [-0.15, -0.1) is 0 Å². The second-order valence-electron chi connectivity index (χ2n) is 15.4. The van der Waals surface area contributed by atoms with Crippen LogP contribution in [0, 0.1) is 0 Å². The molecule has 3 fully saturated rings. The number of hydrogen-bond acceptors (Lipinski definition) is 18. The van der Waals surface area contributed by atoms with Crippen LogP contribution >= 0.6 is 0 Å². The Morgan fingerprint density at radius 1 is 0.607 bits per heavy atom. The molecule has 17 unspecified atom stereocenters. The average molecular weight is 878 g/mol. The van der Waals surface area contributed by atoms with E-state index >= 15 is 0 Å². The summed E-state index contributed by atoms with van der Waals surface area (Å²) >= 11 is 0. The van der Waals surface area contributed by atoms with Crippen molar-refractivity contribution in [3.05, 3.63) is 48.6 Å². The van der Waals surface area contributed by atoms with Gasteiger partial charge >= 0.3 is 0 Å². The summed E-state index contributed by atoms with van der Waals surface area (Å²) in [4.78, 5) is 12.9. The summed E-state index contributed by atoms with van der Waals surface area (Å²) in [5.41, 5.74) is 0. The Balaban J connectivity index is 1.57. The Morgan fingerprint density at radius 2 is 1.08 bits per heavy atom. The molecule has 3 heterocycles. The predicted molar refractivity (Wildman–Crippen MR) is 217 cm³/mol. The van der Waals surface area contributed by atoms with Crippen molar-refractivity contribution in [2.24, 2.45) is 0 Å². The van der Waals surface area contributed by atoms with Crippen LogP contribution in [0.15, 0.2) is 48.6 Å². The molecule has 19 nitrogen and oxygen atoms in total. The minimum absolute atomic E-state index is 0.140. The summed E-state index contributed by atoms with van der Waals surface area (Å²) in [6, 6.07) is -0.919. The summed E-state index contributed by atoms with van der Waals surface area (Å²) in [6.45, 7) is 1.34. The first kappa shape index (κ1) is 53.1. The number of amides is 1. The summed E-state index contributed by atoms with van der Waals surface area (Å²) in [6.07, 6.45) is -3.30. The highest BCUT2D eigenvalue weighted by Gasteiger charge is 2.53. The van der Waals surface area contributed by atoms with Crippen LogP contribution in [0.5, 0.6) is 0 Å². The number of ether oxygens (including phenoxy) is 6. The van der Waals surface area contributed by atoms with Crippen molar-refractivity contribution in [2.75, 3.05) is 26.4 Å². The molecule has 61 heavy (non-hydrogen) atoms. The molecule has 1 amide bonds. The minimum Gasteiger partial charge on any atom is -0.394 e. The van der Waals surface area contributed by atoms with Crippen LogP contribution in [0.2, 0.25) is 0 Å². The zero-order valence-electron chi connectivity index (χ0n) is 35.1. The Kier molecular flexibility index (Phi) is 24.8. The van der Waals surface area contributed by atoms with Gasteiger partial charge in [-0.3, -0.25) is 4.79 Å². The number of rotatable bonds is 26. The van der Waals surface area contributed by atoms with E-state index in [4.69, 9.17) is 28.4 Å². The van der Waals surface area contributed by atoms with Crippen LogP contribution in [0.3, 0.4) is 0 Å². The van der Waals surface area contributed by atoms with Crippen molar-refractivity contribution >= 4 is 5.91 Å². The van der Waals surface area contributed by atoms with Gasteiger partial charge in [0.15, 0.2) is 18.9 Å². The third kappa shape index (κ3) is 16.4. The highest BCUT2D eigenvalue weighted by atomic mass is 16.8. The Hall–Kier alpha value is -2.25. The maximum absolute atomic E-state index is 12.9. The molecule has 19 heteroatoms. The number of allylic oxidation sites excluding steroid dienone is 8. The number of nitrogens with one attached hydrogen (secondary N) is 1. The summed E-state index contributed by atoms with van der Waals surface area (Å²) in [5.74, 6) is -0.340. The zero-order valence-corrected chi connectivity index (χ0v) is 35.1. The van der Waals surface area contributed by atoms with Crippen LogP contribution in [0.25, 0.3) is 0 Å². The van der Waals surface area contributed by atoms with E-state index in [1.54, 1.807) is 0 Å². The van der Waals surface area contributed by atoms with Crippen LogP contribution in [0.1, 0.15) is 78.1 Å². The first-order valence-electron chi connectivity index (χ1n) is 21.4. The summed E-state index contributed by atoms with van der Waals surface area (Å²) in [7, 11) is 0. The molecular weight excluding hydrogens is 806 g/mol. The zero-order chi connectivity index (χ0) is 44.9. The van der Waals surface area contributed by atoms with Crippen molar-refractivity contribution in [1.29, 1.82) is 0 Å². The van der Waals surface area contributed by atoms with E-state index < -0.39 is 124 Å². The number of carbonyl (C=O) groups is 1. The molecule has 0 aliphatic carbocycles. The number of aliphatic hydroxyl groups is 11. The summed E-state index contributed by atoms with van der Waals surface area (Å²) in [5, 5.41) is 118. The van der Waals surface area contributed by atoms with Gasteiger partial charge in [0.2, 0.25) is 5.91 Å². The fourth-order valence-electron chi connectivity index (χ4n) is 7.02. The highest BCUT2D eigenvalue weighted by molar-refractivity contribution is 5.76. The first-order chi connectivity index (χ1) is 29.3. The average Bonchev–Trinajstić information content (AvgIpc) is 3.25. The van der Waals surface area contributed by atoms with Gasteiger partial charge < -0.3 is 89.9 Å². The molecule has 3 saturated heterocycles. The third-order valence-electron chi connectivity index (χ3n) is 10.7. The molecule has 0 saturated carbocycles. The summed E-state index contributed by atoms with van der Waals surface area (Å²) < 4.78 is 33.8. The Labute approximate surface area is 357 Å². The van der Waals surface area contributed by atoms with E-state index in [1.807, 2.05) is 25.2 Å². The van der Waals surface area contributed by atoms with Crippen molar-refractivity contribution < 1.29 is 89.4 Å². The van der Waals surface area contributed by atoms with Crippen molar-refractivity contribution in [2.45, 2.75) is 182 Å². The maximum Gasteiger partial charge on any atom is 0.220 e. The van der Waals surface area contributed by atoms with E-state index in [0.29, 0.717) is 19.3 Å². The largest absolute Gasteiger partial charge is 0.394 e. The molecule has 3 aliphatic heterocycles. The van der Waals surface area contributed by atoms with E-state index in [2.05, 4.69) is 42.6 Å². The van der Waals surface area contributed by atoms with E-state index in [1.165, 1.54) is 0 Å². The molecule has 0 aromatic rings. The maximum atomic E-state index is 12.9. The Morgan fingerprint density at radius 3 is 1.61 bits per heavy atom. The second kappa shape index (κ2) is 28.5. The molecule has 3 rings (SSSR count). The van der Waals surface area contributed by atoms with Crippen molar-refractivity contribution in [1.82, 2.24) is 5.32 Å². The van der Waals surface area contributed by atoms with Crippen molar-refractivity contribution in [3.8, 4) is 0 Å². The highest BCUT2D eigenvalue weighted by Crippen LogP contribution is 2.32. The molecule has 3 aliphatic rings. The van der Waals surface area contributed by atoms with Gasteiger partial charge in [-0.25, -0.2) is 0 Å². The van der Waals surface area contributed by atoms with Gasteiger partial charge in [0, 0.05) is 6.42 Å². The topological polar surface area (TPSA) is 307 Å². The SMILES string of the molecule is CC/C=C\C/C=C\C/C=C\C/C=C\CCC(=O)NC(COC1OC(CO)C(OC2OC(CO)C(OC3OC(CO)C(O)C(O)C3O)C(O)C2O)C(O)C1O)C(O)CCCCC. The lowest BCUT2D eigenvalue weighted by Gasteiger charge is -2.48. The number of unbranched alkanes of at least 4 members (excludes halogenated alkanes) is 2. The lowest BCUT2D eigenvalue weighted by Crippen LogP contribution is -2.66. The molecule has 0 aromatic heterocycles. The van der Waals surface area contributed by atoms with E-state index in [9.17, 15) is 61.0 Å². The molecule has 17 atom stereocenters. The molecular formula is C42H71NO18. The van der Waals surface area contributed by atoms with Gasteiger partial charge in [0.25, 0.3) is 0 Å². The minimum atomic E-state index is -1.98. The van der Waals surface area contributed by atoms with Crippen molar-refractivity contribution in [3.63, 3.8) is 0 Å². The first-order valence-corrected chi connectivity index (χ1v) is 21.4. The fourth-order valence-corrected chi connectivity index (χ4v) is 7.02. The quantitative estimate of drug-likeness (QED) is 0.0346. The van der Waals surface area contributed by atoms with Crippen LogP contribution < -0.4 is 5.32 Å². The molecule has 0 aromatic carbocycles. The van der Waals surface area contributed by atoms with Gasteiger partial charge in [0.05, 0.1) is 38.6 Å². The lowest BCUT2D eigenvalue weighted by molar-refractivity contribution is -0.379.